The second-order valence-electron chi connectivity index (χ2n) is 13.9. The molecule has 6 rings (SSSR count). The Morgan fingerprint density at radius 2 is 1.86 bits per heavy atom. The number of ether oxygens (including phenoxy) is 2. The second kappa shape index (κ2) is 11.4. The molecular formula is C33H40N4O6. The Morgan fingerprint density at radius 3 is 2.60 bits per heavy atom. The van der Waals surface area contributed by atoms with E-state index < -0.39 is 29.4 Å². The van der Waals surface area contributed by atoms with Gasteiger partial charge in [0.15, 0.2) is 0 Å². The molecule has 1 aromatic heterocycles. The van der Waals surface area contributed by atoms with E-state index in [-0.39, 0.29) is 37.4 Å². The molecule has 3 fully saturated rings. The van der Waals surface area contributed by atoms with E-state index in [9.17, 15) is 24.8 Å². The molecule has 2 aliphatic carbocycles. The zero-order chi connectivity index (χ0) is 30.5. The van der Waals surface area contributed by atoms with Crippen molar-refractivity contribution in [3.63, 3.8) is 0 Å². The van der Waals surface area contributed by atoms with Crippen LogP contribution in [-0.4, -0.2) is 62.6 Å². The van der Waals surface area contributed by atoms with Crippen LogP contribution in [0.3, 0.4) is 0 Å². The summed E-state index contributed by atoms with van der Waals surface area (Å²) in [5.74, 6) is -0.696. The maximum absolute atomic E-state index is 14.0. The Labute approximate surface area is 251 Å². The molecule has 2 aromatic rings. The van der Waals surface area contributed by atoms with E-state index in [1.165, 1.54) is 11.3 Å². The summed E-state index contributed by atoms with van der Waals surface area (Å²) in [6, 6.07) is 6.20. The summed E-state index contributed by atoms with van der Waals surface area (Å²) >= 11 is 0. The number of nitriles is 1. The zero-order valence-corrected chi connectivity index (χ0v) is 25.1. The van der Waals surface area contributed by atoms with Gasteiger partial charge in [-0.25, -0.2) is 14.8 Å². The zero-order valence-electron chi connectivity index (χ0n) is 25.1. The van der Waals surface area contributed by atoms with Crippen LogP contribution in [0, 0.1) is 40.4 Å². The fraction of sp³-hybridized carbons (Fsp3) is 0.636. The van der Waals surface area contributed by atoms with Gasteiger partial charge < -0.3 is 19.5 Å². The molecule has 228 valence electrons. The van der Waals surface area contributed by atoms with Crippen molar-refractivity contribution >= 4 is 28.9 Å². The highest BCUT2D eigenvalue weighted by molar-refractivity contribution is 5.89. The van der Waals surface area contributed by atoms with E-state index in [1.54, 1.807) is 18.2 Å². The van der Waals surface area contributed by atoms with Gasteiger partial charge in [0, 0.05) is 6.42 Å². The number of hydrogen-bond acceptors (Lipinski definition) is 8. The van der Waals surface area contributed by atoms with Crippen molar-refractivity contribution in [2.45, 2.75) is 96.8 Å². The van der Waals surface area contributed by atoms with Crippen molar-refractivity contribution in [2.75, 3.05) is 6.54 Å². The van der Waals surface area contributed by atoms with Crippen LogP contribution in [-0.2, 0) is 25.5 Å². The molecule has 7 atom stereocenters. The lowest BCUT2D eigenvalue weighted by Crippen LogP contribution is -2.47. The lowest BCUT2D eigenvalue weighted by molar-refractivity contribution is -0.159. The molecule has 10 heteroatoms. The highest BCUT2D eigenvalue weighted by atomic mass is 16.5. The predicted molar refractivity (Wildman–Crippen MR) is 156 cm³/mol. The summed E-state index contributed by atoms with van der Waals surface area (Å²) in [6.45, 7) is 5.75. The maximum Gasteiger partial charge on any atom is 0.326 e. The summed E-state index contributed by atoms with van der Waals surface area (Å²) in [7, 11) is 0. The van der Waals surface area contributed by atoms with E-state index >= 15 is 0 Å². The number of carbonyl (C=O) groups is 3. The number of benzene rings is 1. The summed E-state index contributed by atoms with van der Waals surface area (Å²) < 4.78 is 12.4. The Balaban J connectivity index is 1.34. The molecule has 10 nitrogen and oxygen atoms in total. The van der Waals surface area contributed by atoms with Crippen LogP contribution < -0.4 is 4.74 Å². The molecule has 1 N–H and O–H groups in total. The van der Waals surface area contributed by atoms with E-state index in [0.29, 0.717) is 52.3 Å². The molecule has 0 spiro atoms. The smallest absolute Gasteiger partial charge is 0.326 e. The fourth-order valence-corrected chi connectivity index (χ4v) is 7.47. The number of hydrogen-bond donors (Lipinski definition) is 1. The third-order valence-corrected chi connectivity index (χ3v) is 9.93. The third kappa shape index (κ3) is 6.04. The molecule has 1 amide bonds. The number of aromatic nitrogens is 2. The van der Waals surface area contributed by atoms with Crippen LogP contribution in [0.15, 0.2) is 18.2 Å². The van der Waals surface area contributed by atoms with E-state index in [2.05, 4.69) is 6.07 Å². The minimum atomic E-state index is -1.11. The minimum Gasteiger partial charge on any atom is -0.480 e. The van der Waals surface area contributed by atoms with Gasteiger partial charge >= 0.3 is 11.9 Å². The van der Waals surface area contributed by atoms with Gasteiger partial charge in [0.05, 0.1) is 41.5 Å². The van der Waals surface area contributed by atoms with Gasteiger partial charge in [0.1, 0.15) is 23.9 Å². The van der Waals surface area contributed by atoms with Crippen molar-refractivity contribution in [1.29, 1.82) is 5.26 Å². The molecule has 3 heterocycles. The Kier molecular flexibility index (Phi) is 7.78. The first-order valence-corrected chi connectivity index (χ1v) is 15.6. The number of amides is 1. The number of nitrogens with zero attached hydrogens (tertiary/aromatic N) is 4. The van der Waals surface area contributed by atoms with Crippen molar-refractivity contribution in [3.8, 4) is 11.9 Å². The van der Waals surface area contributed by atoms with Crippen molar-refractivity contribution in [2.24, 2.45) is 29.1 Å². The lowest BCUT2D eigenvalue weighted by Gasteiger charge is -2.34. The lowest BCUT2D eigenvalue weighted by atomic mass is 9.77. The molecular weight excluding hydrogens is 548 g/mol. The summed E-state index contributed by atoms with van der Waals surface area (Å²) in [5, 5.41) is 19.5. The maximum atomic E-state index is 14.0. The van der Waals surface area contributed by atoms with Gasteiger partial charge in [-0.1, -0.05) is 33.6 Å². The third-order valence-electron chi connectivity index (χ3n) is 9.93. The van der Waals surface area contributed by atoms with Crippen LogP contribution in [0.5, 0.6) is 5.88 Å². The number of aryl methyl sites for hydroxylation is 1. The highest BCUT2D eigenvalue weighted by Crippen LogP contribution is 2.58. The first-order chi connectivity index (χ1) is 20.5. The normalized spacial score (nSPS) is 31.5. The summed E-state index contributed by atoms with van der Waals surface area (Å²) in [5.41, 5.74) is 1.75. The number of fused-ring (bicyclic) bond motifs is 7. The molecule has 0 radical (unpaired) electrons. The average molecular weight is 589 g/mol. The monoisotopic (exact) mass is 588 g/mol. The van der Waals surface area contributed by atoms with Gasteiger partial charge in [0.2, 0.25) is 11.8 Å². The second-order valence-corrected chi connectivity index (χ2v) is 13.9. The SMILES string of the molecule is CC(C)(C)[C@@H]1CC(=O)O[C@@H]2C[C@@H]3C[C@@H]3[C@H]2CCCCCc2nc3ccc(C#N)cc3nc2O[C@@H]2C[C@@H](C(=O)O)N(C2)C1=O. The Bertz CT molecular complexity index is 1480. The van der Waals surface area contributed by atoms with E-state index in [4.69, 9.17) is 19.4 Å². The van der Waals surface area contributed by atoms with Crippen molar-refractivity contribution in [1.82, 2.24) is 14.9 Å². The number of carboxylic acids is 1. The van der Waals surface area contributed by atoms with Crippen LogP contribution >= 0.6 is 0 Å². The number of carboxylic acid groups (broad SMARTS) is 1. The quantitative estimate of drug-likeness (QED) is 0.470. The first kappa shape index (κ1) is 29.3. The average Bonchev–Trinajstić information content (AvgIpc) is 3.44. The summed E-state index contributed by atoms with van der Waals surface area (Å²) in [6.07, 6.45) is 5.89. The molecule has 4 aliphatic rings. The molecule has 2 bridgehead atoms. The fourth-order valence-electron chi connectivity index (χ4n) is 7.47. The van der Waals surface area contributed by atoms with Gasteiger partial charge in [-0.3, -0.25) is 9.59 Å². The topological polar surface area (TPSA) is 143 Å². The predicted octanol–water partition coefficient (Wildman–Crippen LogP) is 4.67. The Morgan fingerprint density at radius 1 is 1.05 bits per heavy atom. The van der Waals surface area contributed by atoms with Gasteiger partial charge in [-0.2, -0.15) is 5.26 Å². The van der Waals surface area contributed by atoms with Crippen molar-refractivity contribution in [3.05, 3.63) is 29.5 Å². The Hall–Kier alpha value is -3.74. The van der Waals surface area contributed by atoms with Gasteiger partial charge in [0.25, 0.3) is 0 Å². The van der Waals surface area contributed by atoms with Crippen LogP contribution in [0.2, 0.25) is 0 Å². The van der Waals surface area contributed by atoms with E-state index in [0.717, 1.165) is 32.1 Å². The molecule has 2 aliphatic heterocycles. The summed E-state index contributed by atoms with van der Waals surface area (Å²) in [4.78, 5) is 50.6. The molecule has 0 unspecified atom stereocenters. The van der Waals surface area contributed by atoms with Crippen LogP contribution in [0.25, 0.3) is 11.0 Å². The van der Waals surface area contributed by atoms with Gasteiger partial charge in [-0.05, 0) is 73.5 Å². The number of rotatable bonds is 1. The van der Waals surface area contributed by atoms with Crippen LogP contribution in [0.4, 0.5) is 0 Å². The van der Waals surface area contributed by atoms with E-state index in [1.807, 2.05) is 20.8 Å². The number of esters is 1. The van der Waals surface area contributed by atoms with Crippen LogP contribution in [0.1, 0.15) is 83.4 Å². The number of aliphatic carboxylic acids is 1. The van der Waals surface area contributed by atoms with Crippen molar-refractivity contribution < 1.29 is 29.0 Å². The van der Waals surface area contributed by atoms with Gasteiger partial charge in [-0.15, -0.1) is 0 Å². The first-order valence-electron chi connectivity index (χ1n) is 15.6. The standard InChI is InChI=1S/C33H40N4O6/c1-33(2,3)23-15-29(38)43-28-13-19-12-22(19)21(28)7-5-4-6-8-25-30(36-26-11-18(16-34)9-10-24(26)35-25)42-20-14-27(32(40)41)37(17-20)31(23)39/h9-11,19-23,27-28H,4-8,12-15,17H2,1-3H3,(H,40,41)/t19-,20+,21+,22-,23+,27-,28+/m0/s1. The number of carbonyl (C=O) groups excluding carboxylic acids is 2. The molecule has 1 saturated heterocycles. The highest BCUT2D eigenvalue weighted by Gasteiger charge is 2.54. The molecule has 2 saturated carbocycles. The largest absolute Gasteiger partial charge is 0.480 e. The molecule has 1 aromatic carbocycles. The molecule has 43 heavy (non-hydrogen) atoms. The minimum absolute atomic E-state index is 0.0584.